The van der Waals surface area contributed by atoms with E-state index in [9.17, 15) is 12.8 Å². The van der Waals surface area contributed by atoms with E-state index >= 15 is 0 Å². The maximum Gasteiger partial charge on any atom is 0.277 e. The van der Waals surface area contributed by atoms with E-state index in [1.165, 1.54) is 25.1 Å². The zero-order valence-electron chi connectivity index (χ0n) is 11.2. The van der Waals surface area contributed by atoms with Crippen LogP contribution in [0.4, 0.5) is 10.3 Å². The highest BCUT2D eigenvalue weighted by molar-refractivity contribution is 7.92. The number of hydrogen-bond donors (Lipinski definition) is 1. The lowest BCUT2D eigenvalue weighted by Crippen LogP contribution is -2.15. The van der Waals surface area contributed by atoms with Gasteiger partial charge >= 0.3 is 0 Å². The maximum absolute atomic E-state index is 13.4. The molecule has 0 radical (unpaired) electrons. The molecule has 0 amide bonds. The number of halogens is 1. The second kappa shape index (κ2) is 5.20. The predicted molar refractivity (Wildman–Crippen MR) is 70.3 cm³/mol. The molecule has 2 rings (SSSR count). The van der Waals surface area contributed by atoms with Crippen LogP contribution in [0.25, 0.3) is 0 Å². The van der Waals surface area contributed by atoms with Crippen molar-refractivity contribution in [1.29, 1.82) is 0 Å². The van der Waals surface area contributed by atoms with Crippen molar-refractivity contribution in [3.63, 3.8) is 0 Å². The van der Waals surface area contributed by atoms with Gasteiger partial charge in [0.05, 0.1) is 4.90 Å². The Morgan fingerprint density at radius 2 is 2.05 bits per heavy atom. The van der Waals surface area contributed by atoms with Crippen molar-refractivity contribution in [3.8, 4) is 0 Å². The summed E-state index contributed by atoms with van der Waals surface area (Å²) < 4.78 is 44.8. The monoisotopic (exact) mass is 299 g/mol. The Hall–Kier alpha value is -1.96. The molecular formula is C12H14FN3O3S. The molecule has 20 heavy (non-hydrogen) atoms. The number of hydrogen-bond acceptors (Lipinski definition) is 5. The van der Waals surface area contributed by atoms with Crippen molar-refractivity contribution < 1.29 is 17.3 Å². The standard InChI is InChI=1S/C12H14FN3O3S/c1-7(2)11-14-12(15-19-11)16-20(17,18)10-6-4-5-9(13)8(10)3/h4-7H,1-3H3,(H,15,16). The van der Waals surface area contributed by atoms with Gasteiger partial charge in [-0.1, -0.05) is 19.9 Å². The molecule has 6 nitrogen and oxygen atoms in total. The predicted octanol–water partition coefficient (Wildman–Crippen LogP) is 2.44. The Bertz CT molecular complexity index is 725. The second-order valence-electron chi connectivity index (χ2n) is 4.58. The molecule has 0 aliphatic heterocycles. The third-order valence-electron chi connectivity index (χ3n) is 2.67. The molecule has 1 aromatic carbocycles. The van der Waals surface area contributed by atoms with Gasteiger partial charge < -0.3 is 4.52 Å². The summed E-state index contributed by atoms with van der Waals surface area (Å²) in [6.07, 6.45) is 0. The van der Waals surface area contributed by atoms with Crippen LogP contribution in [0.3, 0.4) is 0 Å². The normalized spacial score (nSPS) is 11.8. The molecule has 0 fully saturated rings. The average molecular weight is 299 g/mol. The fourth-order valence-electron chi connectivity index (χ4n) is 1.57. The molecule has 108 valence electrons. The molecule has 0 unspecified atom stereocenters. The number of nitrogens with zero attached hydrogens (tertiary/aromatic N) is 2. The van der Waals surface area contributed by atoms with E-state index in [1.807, 2.05) is 13.8 Å². The first kappa shape index (κ1) is 14.4. The fraction of sp³-hybridized carbons (Fsp3) is 0.333. The van der Waals surface area contributed by atoms with Gasteiger partial charge in [0.25, 0.3) is 16.0 Å². The smallest absolute Gasteiger partial charge is 0.277 e. The lowest BCUT2D eigenvalue weighted by Gasteiger charge is -2.07. The summed E-state index contributed by atoms with van der Waals surface area (Å²) in [6, 6.07) is 3.83. The van der Waals surface area contributed by atoms with Crippen LogP contribution < -0.4 is 4.72 Å². The van der Waals surface area contributed by atoms with Gasteiger partial charge in [0.15, 0.2) is 0 Å². The van der Waals surface area contributed by atoms with Crippen LogP contribution in [0.5, 0.6) is 0 Å². The van der Waals surface area contributed by atoms with Gasteiger partial charge in [-0.2, -0.15) is 4.98 Å². The van der Waals surface area contributed by atoms with E-state index in [2.05, 4.69) is 14.9 Å². The summed E-state index contributed by atoms with van der Waals surface area (Å²) >= 11 is 0. The van der Waals surface area contributed by atoms with E-state index < -0.39 is 15.8 Å². The SMILES string of the molecule is Cc1c(F)cccc1S(=O)(=O)Nc1noc(C(C)C)n1. The fourth-order valence-corrected chi connectivity index (χ4v) is 2.76. The number of rotatable bonds is 4. The number of aromatic nitrogens is 2. The van der Waals surface area contributed by atoms with E-state index in [-0.39, 0.29) is 22.3 Å². The topological polar surface area (TPSA) is 85.1 Å². The lowest BCUT2D eigenvalue weighted by molar-refractivity contribution is 0.366. The Kier molecular flexibility index (Phi) is 3.76. The summed E-state index contributed by atoms with van der Waals surface area (Å²) in [4.78, 5) is 3.75. The van der Waals surface area contributed by atoms with Crippen LogP contribution in [-0.4, -0.2) is 18.6 Å². The Balaban J connectivity index is 2.33. The zero-order valence-corrected chi connectivity index (χ0v) is 12.0. The van der Waals surface area contributed by atoms with Gasteiger partial charge in [-0.15, -0.1) is 0 Å². The number of nitrogens with one attached hydrogen (secondary N) is 1. The minimum atomic E-state index is -3.95. The summed E-state index contributed by atoms with van der Waals surface area (Å²) in [6.45, 7) is 5.06. The molecule has 0 spiro atoms. The third kappa shape index (κ3) is 2.79. The van der Waals surface area contributed by atoms with Crippen LogP contribution in [-0.2, 0) is 10.0 Å². The van der Waals surface area contributed by atoms with Gasteiger partial charge in [0, 0.05) is 11.5 Å². The van der Waals surface area contributed by atoms with Gasteiger partial charge in [-0.25, -0.2) is 17.5 Å². The Labute approximate surface area is 116 Å². The average Bonchev–Trinajstić information content (AvgIpc) is 2.80. The van der Waals surface area contributed by atoms with Crippen molar-refractivity contribution in [1.82, 2.24) is 10.1 Å². The molecule has 0 aliphatic carbocycles. The zero-order chi connectivity index (χ0) is 14.9. The van der Waals surface area contributed by atoms with Crippen molar-refractivity contribution in [2.45, 2.75) is 31.6 Å². The van der Waals surface area contributed by atoms with Crippen LogP contribution in [0, 0.1) is 12.7 Å². The summed E-state index contributed by atoms with van der Waals surface area (Å²) in [5.41, 5.74) is 0.0348. The lowest BCUT2D eigenvalue weighted by atomic mass is 10.2. The summed E-state index contributed by atoms with van der Waals surface area (Å²) in [5.74, 6) is -0.462. The summed E-state index contributed by atoms with van der Waals surface area (Å²) in [5, 5.41) is 3.53. The van der Waals surface area contributed by atoms with Gasteiger partial charge in [-0.3, -0.25) is 0 Å². The second-order valence-corrected chi connectivity index (χ2v) is 6.23. The quantitative estimate of drug-likeness (QED) is 0.937. The molecular weight excluding hydrogens is 285 g/mol. The molecule has 1 N–H and O–H groups in total. The molecule has 0 bridgehead atoms. The highest BCUT2D eigenvalue weighted by atomic mass is 32.2. The van der Waals surface area contributed by atoms with Crippen LogP contribution in [0.1, 0.15) is 31.2 Å². The van der Waals surface area contributed by atoms with E-state index in [0.29, 0.717) is 5.89 Å². The third-order valence-corrected chi connectivity index (χ3v) is 4.14. The van der Waals surface area contributed by atoms with Crippen molar-refractivity contribution in [2.75, 3.05) is 4.72 Å². The van der Waals surface area contributed by atoms with Gasteiger partial charge in [0.2, 0.25) is 5.89 Å². The van der Waals surface area contributed by atoms with Gasteiger partial charge in [0.1, 0.15) is 5.82 Å². The molecule has 0 saturated heterocycles. The number of benzene rings is 1. The molecule has 1 aromatic heterocycles. The van der Waals surface area contributed by atoms with Crippen molar-refractivity contribution in [2.24, 2.45) is 0 Å². The highest BCUT2D eigenvalue weighted by Gasteiger charge is 2.21. The minimum Gasteiger partial charge on any atom is -0.337 e. The first-order valence-electron chi connectivity index (χ1n) is 5.93. The molecule has 0 saturated carbocycles. The Morgan fingerprint density at radius 3 is 2.65 bits per heavy atom. The van der Waals surface area contributed by atoms with E-state index in [1.54, 1.807) is 0 Å². The first-order valence-corrected chi connectivity index (χ1v) is 7.41. The first-order chi connectivity index (χ1) is 9.31. The molecule has 2 aromatic rings. The number of anilines is 1. The van der Waals surface area contributed by atoms with Crippen molar-refractivity contribution >= 4 is 16.0 Å². The molecule has 0 aliphatic rings. The van der Waals surface area contributed by atoms with Crippen LogP contribution in [0.15, 0.2) is 27.6 Å². The summed E-state index contributed by atoms with van der Waals surface area (Å²) in [7, 11) is -3.95. The molecule has 1 heterocycles. The van der Waals surface area contributed by atoms with E-state index in [0.717, 1.165) is 0 Å². The highest BCUT2D eigenvalue weighted by Crippen LogP contribution is 2.21. The largest absolute Gasteiger partial charge is 0.337 e. The van der Waals surface area contributed by atoms with Crippen LogP contribution >= 0.6 is 0 Å². The maximum atomic E-state index is 13.4. The van der Waals surface area contributed by atoms with Crippen LogP contribution in [0.2, 0.25) is 0 Å². The Morgan fingerprint density at radius 1 is 1.35 bits per heavy atom. The van der Waals surface area contributed by atoms with Crippen molar-refractivity contribution in [3.05, 3.63) is 35.5 Å². The molecule has 0 atom stereocenters. The number of sulfonamides is 1. The molecule has 8 heteroatoms. The minimum absolute atomic E-state index is 0.0170. The van der Waals surface area contributed by atoms with Gasteiger partial charge in [-0.05, 0) is 24.2 Å². The van der Waals surface area contributed by atoms with E-state index in [4.69, 9.17) is 4.52 Å².